The summed E-state index contributed by atoms with van der Waals surface area (Å²) >= 11 is 0. The molecule has 0 saturated carbocycles. The smallest absolute Gasteiger partial charge is 0.254 e. The van der Waals surface area contributed by atoms with E-state index in [-0.39, 0.29) is 30.6 Å². The normalized spacial score (nSPS) is 21.8. The first-order valence-electron chi connectivity index (χ1n) is 9.39. The first-order valence-corrected chi connectivity index (χ1v) is 9.39. The summed E-state index contributed by atoms with van der Waals surface area (Å²) in [6.07, 6.45) is 0.628. The van der Waals surface area contributed by atoms with Crippen LogP contribution >= 0.6 is 0 Å². The number of rotatable bonds is 5. The molecule has 3 saturated heterocycles. The Labute approximate surface area is 163 Å². The van der Waals surface area contributed by atoms with Crippen molar-refractivity contribution in [1.82, 2.24) is 9.80 Å². The Hall–Kier alpha value is -3.15. The number of Topliss-reactive ketones (excluding diaryl/α,β-unsaturated/α-hetero) is 1. The van der Waals surface area contributed by atoms with Crippen LogP contribution in [0.2, 0.25) is 0 Å². The van der Waals surface area contributed by atoms with Crippen molar-refractivity contribution in [2.24, 2.45) is 0 Å². The standard InChI is InChI=1S/C22H22N2O4/c1-28-17-9-7-16(8-10-17)14-24-20-19(25)12-11-18(21(24)26)23(22(20)27)13-15-5-3-2-4-6-15/h2-10,18,20H,11-14H2,1H3/t18-,20-/m0/s1. The van der Waals surface area contributed by atoms with Gasteiger partial charge in [-0.25, -0.2) is 0 Å². The van der Waals surface area contributed by atoms with E-state index < -0.39 is 12.1 Å². The number of methoxy groups -OCH3 is 1. The molecule has 5 rings (SSSR count). The minimum atomic E-state index is -1.03. The molecule has 2 amide bonds. The third-order valence-electron chi connectivity index (χ3n) is 5.45. The van der Waals surface area contributed by atoms with Crippen LogP contribution in [-0.2, 0) is 27.5 Å². The van der Waals surface area contributed by atoms with Gasteiger partial charge in [0.2, 0.25) is 5.91 Å². The van der Waals surface area contributed by atoms with Crippen LogP contribution in [0.3, 0.4) is 0 Å². The fourth-order valence-corrected chi connectivity index (χ4v) is 3.97. The quantitative estimate of drug-likeness (QED) is 0.748. The number of hydrogen-bond acceptors (Lipinski definition) is 4. The lowest BCUT2D eigenvalue weighted by molar-refractivity contribution is -0.163. The Morgan fingerprint density at radius 3 is 2.18 bits per heavy atom. The predicted molar refractivity (Wildman–Crippen MR) is 102 cm³/mol. The molecule has 2 bridgehead atoms. The number of carbonyl (C=O) groups is 3. The van der Waals surface area contributed by atoms with Crippen LogP contribution in [0.15, 0.2) is 54.6 Å². The van der Waals surface area contributed by atoms with Crippen LogP contribution < -0.4 is 4.74 Å². The van der Waals surface area contributed by atoms with Gasteiger partial charge < -0.3 is 14.5 Å². The Bertz CT molecular complexity index is 895. The number of hydrogen-bond donors (Lipinski definition) is 0. The summed E-state index contributed by atoms with van der Waals surface area (Å²) in [6, 6.07) is 15.2. The van der Waals surface area contributed by atoms with Crippen molar-refractivity contribution in [2.45, 2.75) is 38.0 Å². The van der Waals surface area contributed by atoms with Crippen molar-refractivity contribution in [3.63, 3.8) is 0 Å². The fraction of sp³-hybridized carbons (Fsp3) is 0.318. The van der Waals surface area contributed by atoms with Crippen LogP contribution in [0.5, 0.6) is 5.75 Å². The molecule has 3 heterocycles. The Morgan fingerprint density at radius 1 is 0.857 bits per heavy atom. The van der Waals surface area contributed by atoms with Gasteiger partial charge in [-0.3, -0.25) is 14.4 Å². The molecule has 2 aromatic rings. The first-order chi connectivity index (χ1) is 13.6. The number of piperazine rings is 1. The number of ether oxygens (including phenoxy) is 1. The summed E-state index contributed by atoms with van der Waals surface area (Å²) < 4.78 is 5.16. The molecular weight excluding hydrogens is 356 g/mol. The number of fused-ring (bicyclic) bond motifs is 4. The third-order valence-corrected chi connectivity index (χ3v) is 5.45. The summed E-state index contributed by atoms with van der Waals surface area (Å²) in [7, 11) is 1.59. The van der Waals surface area contributed by atoms with Crippen LogP contribution in [0.25, 0.3) is 0 Å². The highest BCUT2D eigenvalue weighted by molar-refractivity contribution is 6.13. The van der Waals surface area contributed by atoms with Gasteiger partial charge >= 0.3 is 0 Å². The maximum Gasteiger partial charge on any atom is 0.254 e. The minimum Gasteiger partial charge on any atom is -0.497 e. The fourth-order valence-electron chi connectivity index (χ4n) is 3.97. The molecule has 2 atom stereocenters. The van der Waals surface area contributed by atoms with Gasteiger partial charge in [-0.15, -0.1) is 0 Å². The number of carbonyl (C=O) groups excluding carboxylic acids is 3. The molecule has 2 aromatic carbocycles. The zero-order valence-electron chi connectivity index (χ0n) is 15.7. The van der Waals surface area contributed by atoms with Gasteiger partial charge in [0.05, 0.1) is 7.11 Å². The second-order valence-corrected chi connectivity index (χ2v) is 7.19. The Morgan fingerprint density at radius 2 is 1.50 bits per heavy atom. The predicted octanol–water partition coefficient (Wildman–Crippen LogP) is 2.17. The molecule has 3 aliphatic rings. The molecule has 6 nitrogen and oxygen atoms in total. The summed E-state index contributed by atoms with van der Waals surface area (Å²) in [5.74, 6) is 0.116. The molecule has 0 spiro atoms. The van der Waals surface area contributed by atoms with Gasteiger partial charge in [0.15, 0.2) is 11.8 Å². The summed E-state index contributed by atoms with van der Waals surface area (Å²) in [5.41, 5.74) is 1.81. The average Bonchev–Trinajstić information content (AvgIpc) is 2.91. The summed E-state index contributed by atoms with van der Waals surface area (Å²) in [5, 5.41) is 0. The lowest BCUT2D eigenvalue weighted by Crippen LogP contribution is -2.63. The van der Waals surface area contributed by atoms with Crippen molar-refractivity contribution in [1.29, 1.82) is 0 Å². The molecule has 0 N–H and O–H groups in total. The maximum atomic E-state index is 13.2. The van der Waals surface area contributed by atoms with Crippen molar-refractivity contribution >= 4 is 17.6 Å². The van der Waals surface area contributed by atoms with E-state index in [1.807, 2.05) is 42.5 Å². The highest BCUT2D eigenvalue weighted by Crippen LogP contribution is 2.30. The molecule has 0 radical (unpaired) electrons. The second kappa shape index (κ2) is 7.46. The van der Waals surface area contributed by atoms with Crippen LogP contribution in [-0.4, -0.2) is 46.6 Å². The highest BCUT2D eigenvalue weighted by atomic mass is 16.5. The van der Waals surface area contributed by atoms with E-state index in [0.717, 1.165) is 11.1 Å². The zero-order chi connectivity index (χ0) is 19.7. The van der Waals surface area contributed by atoms with Gasteiger partial charge in [0.1, 0.15) is 11.8 Å². The molecule has 28 heavy (non-hydrogen) atoms. The largest absolute Gasteiger partial charge is 0.497 e. The van der Waals surface area contributed by atoms with E-state index in [2.05, 4.69) is 0 Å². The van der Waals surface area contributed by atoms with E-state index in [1.54, 1.807) is 24.1 Å². The minimum absolute atomic E-state index is 0.151. The molecule has 3 aliphatic heterocycles. The van der Waals surface area contributed by atoms with E-state index in [1.165, 1.54) is 4.90 Å². The molecule has 6 heteroatoms. The third kappa shape index (κ3) is 3.26. The lowest BCUT2D eigenvalue weighted by Gasteiger charge is -2.42. The molecule has 0 aromatic heterocycles. The lowest BCUT2D eigenvalue weighted by atomic mass is 10.0. The zero-order valence-corrected chi connectivity index (χ0v) is 15.7. The van der Waals surface area contributed by atoms with Crippen molar-refractivity contribution in [3.8, 4) is 5.75 Å². The van der Waals surface area contributed by atoms with Gasteiger partial charge in [-0.1, -0.05) is 42.5 Å². The summed E-state index contributed by atoms with van der Waals surface area (Å²) in [6.45, 7) is 0.580. The van der Waals surface area contributed by atoms with Crippen LogP contribution in [0, 0.1) is 0 Å². The van der Waals surface area contributed by atoms with Gasteiger partial charge in [0.25, 0.3) is 5.91 Å². The number of ketones is 1. The SMILES string of the molecule is COc1ccc(CN2C(=O)[C@@H]3CCC(=O)[C@H]2C(=O)N3Cc2ccccc2)cc1. The molecule has 0 unspecified atom stereocenters. The van der Waals surface area contributed by atoms with Crippen molar-refractivity contribution < 1.29 is 19.1 Å². The topological polar surface area (TPSA) is 66.9 Å². The summed E-state index contributed by atoms with van der Waals surface area (Å²) in [4.78, 5) is 42.0. The number of amides is 2. The van der Waals surface area contributed by atoms with Crippen LogP contribution in [0.1, 0.15) is 24.0 Å². The van der Waals surface area contributed by atoms with Crippen molar-refractivity contribution in [3.05, 3.63) is 65.7 Å². The first kappa shape index (κ1) is 18.2. The Kier molecular flexibility index (Phi) is 4.86. The number of nitrogens with zero attached hydrogens (tertiary/aromatic N) is 2. The second-order valence-electron chi connectivity index (χ2n) is 7.19. The van der Waals surface area contributed by atoms with Gasteiger partial charge in [0, 0.05) is 19.5 Å². The van der Waals surface area contributed by atoms with Crippen LogP contribution in [0.4, 0.5) is 0 Å². The van der Waals surface area contributed by atoms with Crippen molar-refractivity contribution in [2.75, 3.05) is 7.11 Å². The van der Waals surface area contributed by atoms with E-state index in [9.17, 15) is 14.4 Å². The van der Waals surface area contributed by atoms with E-state index >= 15 is 0 Å². The Balaban J connectivity index is 1.61. The van der Waals surface area contributed by atoms with Gasteiger partial charge in [-0.05, 0) is 29.7 Å². The van der Waals surface area contributed by atoms with Gasteiger partial charge in [-0.2, -0.15) is 0 Å². The van der Waals surface area contributed by atoms with E-state index in [0.29, 0.717) is 18.7 Å². The monoisotopic (exact) mass is 378 g/mol. The van der Waals surface area contributed by atoms with E-state index in [4.69, 9.17) is 4.74 Å². The number of benzene rings is 2. The molecule has 3 fully saturated rings. The molecule has 144 valence electrons. The molecular formula is C22H22N2O4. The average molecular weight is 378 g/mol. The maximum absolute atomic E-state index is 13.2. The highest BCUT2D eigenvalue weighted by Gasteiger charge is 2.51. The molecule has 0 aliphatic carbocycles.